The Labute approximate surface area is 184 Å². The van der Waals surface area contributed by atoms with Gasteiger partial charge >= 0.3 is 5.97 Å². The number of amidine groups is 1. The lowest BCUT2D eigenvalue weighted by Gasteiger charge is -2.14. The van der Waals surface area contributed by atoms with Gasteiger partial charge in [-0.3, -0.25) is 9.69 Å². The number of carboxylic acid groups (broad SMARTS) is 1. The van der Waals surface area contributed by atoms with Gasteiger partial charge in [-0.25, -0.2) is 9.79 Å². The normalized spacial score (nSPS) is 17.2. The van der Waals surface area contributed by atoms with E-state index in [9.17, 15) is 9.59 Å². The first-order valence-corrected chi connectivity index (χ1v) is 10.1. The van der Waals surface area contributed by atoms with Crippen LogP contribution >= 0.6 is 11.8 Å². The van der Waals surface area contributed by atoms with Gasteiger partial charge in [-0.2, -0.15) is 0 Å². The molecule has 0 aliphatic carbocycles. The number of carbonyl (C=O) groups is 2. The van der Waals surface area contributed by atoms with Crippen molar-refractivity contribution in [2.75, 3.05) is 21.3 Å². The van der Waals surface area contributed by atoms with Gasteiger partial charge in [0.1, 0.15) is 5.75 Å². The molecule has 0 bridgehead atoms. The van der Waals surface area contributed by atoms with Gasteiger partial charge in [-0.1, -0.05) is 6.07 Å². The lowest BCUT2D eigenvalue weighted by atomic mass is 10.2. The summed E-state index contributed by atoms with van der Waals surface area (Å²) in [7, 11) is 4.73. The molecule has 1 aliphatic rings. The number of benzene rings is 2. The third kappa shape index (κ3) is 5.18. The number of aliphatic imine (C=N–C) groups is 1. The molecule has 162 valence electrons. The smallest absolute Gasteiger partial charge is 0.344 e. The Morgan fingerprint density at radius 2 is 1.84 bits per heavy atom. The zero-order valence-corrected chi connectivity index (χ0v) is 18.3. The number of thioether (sulfide) groups is 1. The average molecular weight is 442 g/mol. The molecule has 0 radical (unpaired) electrons. The van der Waals surface area contributed by atoms with Crippen molar-refractivity contribution in [1.82, 2.24) is 4.90 Å². The Morgan fingerprint density at radius 1 is 1.13 bits per heavy atom. The number of hydrogen-bond acceptors (Lipinski definition) is 7. The van der Waals surface area contributed by atoms with Gasteiger partial charge in [0.2, 0.25) is 0 Å². The second-order valence-corrected chi connectivity index (χ2v) is 7.58. The lowest BCUT2D eigenvalue weighted by Crippen LogP contribution is -2.23. The summed E-state index contributed by atoms with van der Waals surface area (Å²) in [5, 5.41) is 9.58. The number of ether oxygens (including phenoxy) is 3. The second kappa shape index (κ2) is 9.57. The molecule has 1 unspecified atom stereocenters. The zero-order chi connectivity index (χ0) is 22.5. The molecule has 31 heavy (non-hydrogen) atoms. The third-order valence-electron chi connectivity index (χ3n) is 4.44. The van der Waals surface area contributed by atoms with Crippen molar-refractivity contribution in [3.05, 3.63) is 52.9 Å². The van der Waals surface area contributed by atoms with E-state index in [2.05, 4.69) is 4.99 Å². The predicted octanol–water partition coefficient (Wildman–Crippen LogP) is 3.79. The van der Waals surface area contributed by atoms with E-state index in [1.54, 1.807) is 50.6 Å². The average Bonchev–Trinajstić information content (AvgIpc) is 3.02. The van der Waals surface area contributed by atoms with Gasteiger partial charge in [-0.05, 0) is 66.7 Å². The summed E-state index contributed by atoms with van der Waals surface area (Å²) in [4.78, 5) is 30.2. The van der Waals surface area contributed by atoms with Crippen LogP contribution in [0.1, 0.15) is 12.5 Å². The van der Waals surface area contributed by atoms with Crippen LogP contribution in [0.15, 0.2) is 52.4 Å². The lowest BCUT2D eigenvalue weighted by molar-refractivity contribution is -0.144. The Bertz CT molecular complexity index is 1050. The minimum atomic E-state index is -1.08. The van der Waals surface area contributed by atoms with E-state index < -0.39 is 12.1 Å². The van der Waals surface area contributed by atoms with Gasteiger partial charge in [0.05, 0.1) is 24.8 Å². The first-order chi connectivity index (χ1) is 14.8. The molecule has 2 aromatic carbocycles. The molecule has 2 aromatic rings. The summed E-state index contributed by atoms with van der Waals surface area (Å²) in [5.41, 5.74) is 1.42. The van der Waals surface area contributed by atoms with Crippen LogP contribution in [0.25, 0.3) is 6.08 Å². The topological polar surface area (TPSA) is 97.7 Å². The highest BCUT2D eigenvalue weighted by atomic mass is 32.2. The van der Waals surface area contributed by atoms with Crippen molar-refractivity contribution >= 4 is 40.6 Å². The molecular formula is C22H22N2O6S. The van der Waals surface area contributed by atoms with E-state index in [0.717, 1.165) is 5.75 Å². The van der Waals surface area contributed by atoms with Crippen molar-refractivity contribution in [3.63, 3.8) is 0 Å². The summed E-state index contributed by atoms with van der Waals surface area (Å²) < 4.78 is 15.9. The molecule has 1 amide bonds. The van der Waals surface area contributed by atoms with E-state index in [1.165, 1.54) is 30.7 Å². The van der Waals surface area contributed by atoms with Crippen LogP contribution in [-0.2, 0) is 9.59 Å². The van der Waals surface area contributed by atoms with Crippen molar-refractivity contribution in [2.45, 2.75) is 13.0 Å². The highest BCUT2D eigenvalue weighted by molar-refractivity contribution is 8.18. The van der Waals surface area contributed by atoms with Crippen LogP contribution < -0.4 is 14.2 Å². The molecule has 3 rings (SSSR count). The molecule has 9 heteroatoms. The Kier molecular flexibility index (Phi) is 6.86. The van der Waals surface area contributed by atoms with Gasteiger partial charge in [0, 0.05) is 7.05 Å². The number of methoxy groups -OCH3 is 2. The maximum atomic E-state index is 12.7. The first kappa shape index (κ1) is 22.2. The van der Waals surface area contributed by atoms with Gasteiger partial charge in [-0.15, -0.1) is 0 Å². The summed E-state index contributed by atoms with van der Waals surface area (Å²) in [5.74, 6) is 0.165. The van der Waals surface area contributed by atoms with E-state index in [4.69, 9.17) is 19.3 Å². The summed E-state index contributed by atoms with van der Waals surface area (Å²) in [6, 6.07) is 12.3. The van der Waals surface area contributed by atoms with Gasteiger partial charge in [0.25, 0.3) is 5.91 Å². The minimum absolute atomic E-state index is 0.170. The van der Waals surface area contributed by atoms with E-state index in [0.29, 0.717) is 32.8 Å². The van der Waals surface area contributed by atoms with Crippen LogP contribution in [0.3, 0.4) is 0 Å². The maximum Gasteiger partial charge on any atom is 0.344 e. The maximum absolute atomic E-state index is 12.7. The molecule has 1 atom stereocenters. The largest absolute Gasteiger partial charge is 0.497 e. The highest BCUT2D eigenvalue weighted by Gasteiger charge is 2.30. The zero-order valence-electron chi connectivity index (χ0n) is 17.5. The molecule has 0 saturated carbocycles. The number of carbonyl (C=O) groups excluding carboxylic acids is 1. The summed E-state index contributed by atoms with van der Waals surface area (Å²) in [6.07, 6.45) is 0.711. The number of amides is 1. The first-order valence-electron chi connectivity index (χ1n) is 9.30. The van der Waals surface area contributed by atoms with Crippen LogP contribution in [0.4, 0.5) is 5.69 Å². The molecule has 1 heterocycles. The molecule has 1 N–H and O–H groups in total. The number of nitrogens with zero attached hydrogens (tertiary/aromatic N) is 2. The van der Waals surface area contributed by atoms with E-state index >= 15 is 0 Å². The molecule has 1 aliphatic heterocycles. The molecule has 1 saturated heterocycles. The monoisotopic (exact) mass is 442 g/mol. The van der Waals surface area contributed by atoms with Crippen molar-refractivity contribution in [2.24, 2.45) is 4.99 Å². The quantitative estimate of drug-likeness (QED) is 0.652. The summed E-state index contributed by atoms with van der Waals surface area (Å²) >= 11 is 1.27. The van der Waals surface area contributed by atoms with Crippen molar-refractivity contribution in [1.29, 1.82) is 0 Å². The van der Waals surface area contributed by atoms with Crippen LogP contribution in [0, 0.1) is 0 Å². The SMILES string of the molecule is COc1ccc(N=C2S/C(=C\c3ccc(OC(C)C(=O)O)c(OC)c3)C(=O)N2C)cc1. The van der Waals surface area contributed by atoms with Gasteiger partial charge < -0.3 is 19.3 Å². The van der Waals surface area contributed by atoms with Crippen molar-refractivity contribution in [3.8, 4) is 17.2 Å². The van der Waals surface area contributed by atoms with E-state index in [-0.39, 0.29) is 5.91 Å². The van der Waals surface area contributed by atoms with Gasteiger partial charge in [0.15, 0.2) is 22.8 Å². The standard InChI is InChI=1S/C22H22N2O6S/c1-13(21(26)27)30-17-10-5-14(11-18(17)29-4)12-19-20(25)24(2)22(31-19)23-15-6-8-16(28-3)9-7-15/h5-13H,1-4H3,(H,26,27)/b19-12-,23-22?. The molecule has 8 nitrogen and oxygen atoms in total. The van der Waals surface area contributed by atoms with E-state index in [1.807, 2.05) is 12.1 Å². The molecular weight excluding hydrogens is 420 g/mol. The van der Waals surface area contributed by atoms with Crippen LogP contribution in [0.2, 0.25) is 0 Å². The van der Waals surface area contributed by atoms with Crippen molar-refractivity contribution < 1.29 is 28.9 Å². The number of rotatable bonds is 7. The molecule has 0 spiro atoms. The highest BCUT2D eigenvalue weighted by Crippen LogP contribution is 2.35. The predicted molar refractivity (Wildman–Crippen MR) is 119 cm³/mol. The third-order valence-corrected chi connectivity index (χ3v) is 5.50. The number of likely N-dealkylation sites (N-methyl/N-ethyl adjacent to an activating group) is 1. The summed E-state index contributed by atoms with van der Waals surface area (Å²) in [6.45, 7) is 1.44. The Balaban J connectivity index is 1.83. The second-order valence-electron chi connectivity index (χ2n) is 6.58. The minimum Gasteiger partial charge on any atom is -0.497 e. The molecule has 0 aromatic heterocycles. The Hall–Kier alpha value is -3.46. The fourth-order valence-corrected chi connectivity index (χ4v) is 3.67. The van der Waals surface area contributed by atoms with Crippen LogP contribution in [-0.4, -0.2) is 54.4 Å². The Morgan fingerprint density at radius 3 is 2.45 bits per heavy atom. The number of carboxylic acids is 1. The number of hydrogen-bond donors (Lipinski definition) is 1. The number of aliphatic carboxylic acids is 1. The molecule has 1 fully saturated rings. The fraction of sp³-hybridized carbons (Fsp3) is 0.227. The fourth-order valence-electron chi connectivity index (χ4n) is 2.68. The van der Waals surface area contributed by atoms with Crippen LogP contribution in [0.5, 0.6) is 17.2 Å².